The van der Waals surface area contributed by atoms with Gasteiger partial charge in [-0.2, -0.15) is 16.7 Å². The molecular weight excluding hydrogens is 232 g/mol. The van der Waals surface area contributed by atoms with Crippen molar-refractivity contribution >= 4 is 23.4 Å². The minimum atomic E-state index is 0.690. The monoisotopic (exact) mass is 248 g/mol. The lowest BCUT2D eigenvalue weighted by Crippen LogP contribution is -2.05. The Hall–Kier alpha value is -1.49. The standard InChI is InChI=1S/C12H16N4S/c1-3-7-17-8-6-13-12-14-11-5-4-10(2)9-16(11)15-12/h3-5,9H,1,6-8H2,2H3,(H,13,15). The van der Waals surface area contributed by atoms with Crippen molar-refractivity contribution in [3.63, 3.8) is 0 Å². The van der Waals surface area contributed by atoms with Gasteiger partial charge in [0.1, 0.15) is 0 Å². The number of hydrogen-bond donors (Lipinski definition) is 1. The Balaban J connectivity index is 1.93. The van der Waals surface area contributed by atoms with Crippen LogP contribution in [0.25, 0.3) is 5.65 Å². The predicted molar refractivity (Wildman–Crippen MR) is 73.7 cm³/mol. The highest BCUT2D eigenvalue weighted by Gasteiger charge is 2.01. The van der Waals surface area contributed by atoms with Gasteiger partial charge < -0.3 is 5.32 Å². The van der Waals surface area contributed by atoms with Crippen LogP contribution in [0.5, 0.6) is 0 Å². The number of fused-ring (bicyclic) bond motifs is 1. The molecule has 0 saturated heterocycles. The van der Waals surface area contributed by atoms with Crippen LogP contribution in [0, 0.1) is 6.92 Å². The van der Waals surface area contributed by atoms with E-state index in [9.17, 15) is 0 Å². The van der Waals surface area contributed by atoms with Gasteiger partial charge in [0, 0.05) is 24.2 Å². The number of hydrogen-bond acceptors (Lipinski definition) is 4. The van der Waals surface area contributed by atoms with Crippen LogP contribution in [0.1, 0.15) is 5.56 Å². The number of rotatable bonds is 6. The van der Waals surface area contributed by atoms with Gasteiger partial charge in [0.2, 0.25) is 5.95 Å². The molecule has 2 aromatic heterocycles. The largest absolute Gasteiger partial charge is 0.352 e. The van der Waals surface area contributed by atoms with Crippen LogP contribution in [0.4, 0.5) is 5.95 Å². The van der Waals surface area contributed by atoms with E-state index in [1.54, 1.807) is 4.52 Å². The Morgan fingerprint density at radius 2 is 2.41 bits per heavy atom. The first kappa shape index (κ1) is 12.0. The first-order valence-electron chi connectivity index (χ1n) is 5.55. The molecule has 0 atom stereocenters. The third-order valence-corrected chi connectivity index (χ3v) is 3.21. The van der Waals surface area contributed by atoms with E-state index in [2.05, 4.69) is 22.0 Å². The molecular formula is C12H16N4S. The SMILES string of the molecule is C=CCSCCNc1nc2ccc(C)cn2n1. The lowest BCUT2D eigenvalue weighted by atomic mass is 10.3. The highest BCUT2D eigenvalue weighted by molar-refractivity contribution is 7.99. The van der Waals surface area contributed by atoms with E-state index in [-0.39, 0.29) is 0 Å². The summed E-state index contributed by atoms with van der Waals surface area (Å²) < 4.78 is 1.80. The molecule has 0 aliphatic heterocycles. The minimum Gasteiger partial charge on any atom is -0.352 e. The van der Waals surface area contributed by atoms with E-state index in [0.29, 0.717) is 5.95 Å². The number of thioether (sulfide) groups is 1. The zero-order valence-corrected chi connectivity index (χ0v) is 10.7. The number of aromatic nitrogens is 3. The first-order chi connectivity index (χ1) is 8.29. The molecule has 0 radical (unpaired) electrons. The summed E-state index contributed by atoms with van der Waals surface area (Å²) in [5.41, 5.74) is 2.05. The number of anilines is 1. The van der Waals surface area contributed by atoms with Crippen LogP contribution in [0.3, 0.4) is 0 Å². The van der Waals surface area contributed by atoms with Gasteiger partial charge in [-0.05, 0) is 18.6 Å². The van der Waals surface area contributed by atoms with Crippen LogP contribution in [-0.4, -0.2) is 32.6 Å². The van der Waals surface area contributed by atoms with Gasteiger partial charge in [-0.3, -0.25) is 0 Å². The van der Waals surface area contributed by atoms with Gasteiger partial charge in [0.25, 0.3) is 0 Å². The summed E-state index contributed by atoms with van der Waals surface area (Å²) in [6, 6.07) is 4.01. The van der Waals surface area contributed by atoms with Crippen LogP contribution in [0.2, 0.25) is 0 Å². The third-order valence-electron chi connectivity index (χ3n) is 2.24. The molecule has 2 aromatic rings. The van der Waals surface area contributed by atoms with Crippen molar-refractivity contribution in [1.82, 2.24) is 14.6 Å². The maximum atomic E-state index is 4.38. The molecule has 0 aromatic carbocycles. The fourth-order valence-corrected chi connectivity index (χ4v) is 2.04. The van der Waals surface area contributed by atoms with Crippen molar-refractivity contribution < 1.29 is 0 Å². The number of nitrogens with one attached hydrogen (secondary N) is 1. The molecule has 0 saturated carbocycles. The summed E-state index contributed by atoms with van der Waals surface area (Å²) in [5, 5.41) is 7.57. The highest BCUT2D eigenvalue weighted by atomic mass is 32.2. The van der Waals surface area contributed by atoms with Gasteiger partial charge in [0.15, 0.2) is 5.65 Å². The van der Waals surface area contributed by atoms with Crippen LogP contribution in [0.15, 0.2) is 31.0 Å². The molecule has 5 heteroatoms. The summed E-state index contributed by atoms with van der Waals surface area (Å²) >= 11 is 1.84. The fourth-order valence-electron chi connectivity index (χ4n) is 1.46. The number of pyridine rings is 1. The van der Waals surface area contributed by atoms with E-state index in [1.807, 2.05) is 43.1 Å². The van der Waals surface area contributed by atoms with Crippen molar-refractivity contribution in [2.75, 3.05) is 23.4 Å². The average molecular weight is 248 g/mol. The Labute approximate surface area is 105 Å². The summed E-state index contributed by atoms with van der Waals surface area (Å²) in [6.45, 7) is 6.60. The van der Waals surface area contributed by atoms with E-state index >= 15 is 0 Å². The number of nitrogens with zero attached hydrogens (tertiary/aromatic N) is 3. The van der Waals surface area contributed by atoms with Crippen molar-refractivity contribution in [3.05, 3.63) is 36.5 Å². The maximum Gasteiger partial charge on any atom is 0.243 e. The predicted octanol–water partition coefficient (Wildman–Crippen LogP) is 2.37. The van der Waals surface area contributed by atoms with Gasteiger partial charge in [-0.25, -0.2) is 4.52 Å². The maximum absolute atomic E-state index is 4.38. The summed E-state index contributed by atoms with van der Waals surface area (Å²) in [6.07, 6.45) is 3.89. The van der Waals surface area contributed by atoms with E-state index in [4.69, 9.17) is 0 Å². The molecule has 0 unspecified atom stereocenters. The zero-order valence-electron chi connectivity index (χ0n) is 9.89. The highest BCUT2D eigenvalue weighted by Crippen LogP contribution is 2.07. The summed E-state index contributed by atoms with van der Waals surface area (Å²) in [4.78, 5) is 4.38. The van der Waals surface area contributed by atoms with Gasteiger partial charge in [-0.15, -0.1) is 11.7 Å². The molecule has 17 heavy (non-hydrogen) atoms. The Bertz CT molecular complexity index is 506. The minimum absolute atomic E-state index is 0.690. The molecule has 0 aliphatic rings. The molecule has 0 fully saturated rings. The van der Waals surface area contributed by atoms with Gasteiger partial charge in [0.05, 0.1) is 0 Å². The molecule has 2 rings (SSSR count). The second kappa shape index (κ2) is 5.72. The van der Waals surface area contributed by atoms with Crippen LogP contribution >= 0.6 is 11.8 Å². The van der Waals surface area contributed by atoms with Crippen LogP contribution in [-0.2, 0) is 0 Å². The third kappa shape index (κ3) is 3.23. The van der Waals surface area contributed by atoms with Gasteiger partial charge >= 0.3 is 0 Å². The molecule has 0 aliphatic carbocycles. The second-order valence-electron chi connectivity index (χ2n) is 3.73. The quantitative estimate of drug-likeness (QED) is 0.629. The Morgan fingerprint density at radius 3 is 3.24 bits per heavy atom. The molecule has 4 nitrogen and oxygen atoms in total. The Kier molecular flexibility index (Phi) is 4.03. The van der Waals surface area contributed by atoms with Crippen molar-refractivity contribution in [2.24, 2.45) is 0 Å². The van der Waals surface area contributed by atoms with Crippen molar-refractivity contribution in [1.29, 1.82) is 0 Å². The second-order valence-corrected chi connectivity index (χ2v) is 4.88. The lowest BCUT2D eigenvalue weighted by molar-refractivity contribution is 0.947. The zero-order chi connectivity index (χ0) is 12.1. The van der Waals surface area contributed by atoms with Gasteiger partial charge in [-0.1, -0.05) is 12.1 Å². The van der Waals surface area contributed by atoms with E-state index < -0.39 is 0 Å². The smallest absolute Gasteiger partial charge is 0.243 e. The molecule has 90 valence electrons. The van der Waals surface area contributed by atoms with E-state index in [1.165, 1.54) is 5.56 Å². The molecule has 2 heterocycles. The van der Waals surface area contributed by atoms with Crippen LogP contribution < -0.4 is 5.32 Å². The first-order valence-corrected chi connectivity index (χ1v) is 6.70. The Morgan fingerprint density at radius 1 is 1.53 bits per heavy atom. The average Bonchev–Trinajstić information content (AvgIpc) is 2.70. The molecule has 0 spiro atoms. The summed E-state index contributed by atoms with van der Waals surface area (Å²) in [7, 11) is 0. The number of aryl methyl sites for hydroxylation is 1. The summed E-state index contributed by atoms with van der Waals surface area (Å²) in [5.74, 6) is 2.70. The lowest BCUT2D eigenvalue weighted by Gasteiger charge is -1.99. The van der Waals surface area contributed by atoms with Crippen molar-refractivity contribution in [3.8, 4) is 0 Å². The van der Waals surface area contributed by atoms with E-state index in [0.717, 1.165) is 23.7 Å². The molecule has 0 bridgehead atoms. The van der Waals surface area contributed by atoms with Crippen molar-refractivity contribution in [2.45, 2.75) is 6.92 Å². The molecule has 1 N–H and O–H groups in total. The molecule has 0 amide bonds. The topological polar surface area (TPSA) is 42.2 Å². The normalized spacial score (nSPS) is 10.6. The fraction of sp³-hybridized carbons (Fsp3) is 0.333.